The van der Waals surface area contributed by atoms with Crippen molar-refractivity contribution in [2.45, 2.75) is 30.8 Å². The molecular weight excluding hydrogens is 252 g/mol. The topological polar surface area (TPSA) is 75.2 Å². The summed E-state index contributed by atoms with van der Waals surface area (Å²) in [7, 11) is -1.93. The summed E-state index contributed by atoms with van der Waals surface area (Å²) in [5, 5.41) is 10.8. The zero-order chi connectivity index (χ0) is 13.2. The first kappa shape index (κ1) is 13.4. The van der Waals surface area contributed by atoms with Gasteiger partial charge in [0.05, 0.1) is 5.69 Å². The van der Waals surface area contributed by atoms with E-state index in [2.05, 4.69) is 15.5 Å². The maximum absolute atomic E-state index is 12.3. The monoisotopic (exact) mass is 270 g/mol. The number of piperidine rings is 1. The molecule has 0 aromatic carbocycles. The second-order valence-electron chi connectivity index (χ2n) is 4.53. The fraction of sp³-hybridized carbons (Fsp3) is 0.636. The van der Waals surface area contributed by atoms with Crippen LogP contribution in [0.25, 0.3) is 0 Å². The average Bonchev–Trinajstić information content (AvgIpc) is 2.39. The van der Waals surface area contributed by atoms with Crippen LogP contribution < -0.4 is 5.32 Å². The Labute approximate surface area is 107 Å². The molecule has 2 heterocycles. The van der Waals surface area contributed by atoms with Crippen LogP contribution in [0, 0.1) is 6.92 Å². The molecule has 1 aromatic rings. The number of aromatic nitrogens is 2. The minimum absolute atomic E-state index is 0.00754. The minimum atomic E-state index is -3.54. The number of rotatable bonds is 3. The minimum Gasteiger partial charge on any atom is -0.315 e. The molecule has 0 saturated carbocycles. The fourth-order valence-corrected chi connectivity index (χ4v) is 3.26. The molecule has 18 heavy (non-hydrogen) atoms. The normalized spacial score (nSPS) is 21.2. The lowest BCUT2D eigenvalue weighted by molar-refractivity contribution is 0.299. The molecule has 0 radical (unpaired) electrons. The number of aryl methyl sites for hydroxylation is 1. The highest BCUT2D eigenvalue weighted by molar-refractivity contribution is 7.89. The van der Waals surface area contributed by atoms with E-state index in [1.165, 1.54) is 10.4 Å². The van der Waals surface area contributed by atoms with Crippen molar-refractivity contribution in [2.75, 3.05) is 20.1 Å². The second-order valence-corrected chi connectivity index (χ2v) is 6.48. The molecule has 7 heteroatoms. The van der Waals surface area contributed by atoms with Crippen molar-refractivity contribution in [3.8, 4) is 0 Å². The van der Waals surface area contributed by atoms with Crippen LogP contribution in [0.15, 0.2) is 17.2 Å². The van der Waals surface area contributed by atoms with Gasteiger partial charge in [0.1, 0.15) is 0 Å². The van der Waals surface area contributed by atoms with Gasteiger partial charge in [-0.25, -0.2) is 8.42 Å². The fourth-order valence-electron chi connectivity index (χ4n) is 2.01. The van der Waals surface area contributed by atoms with Crippen LogP contribution in [0.1, 0.15) is 18.5 Å². The molecule has 1 saturated heterocycles. The number of likely N-dealkylation sites (N-methyl/N-ethyl adjacent to an activating group) is 1. The number of nitrogens with zero attached hydrogens (tertiary/aromatic N) is 3. The van der Waals surface area contributed by atoms with Crippen molar-refractivity contribution in [1.29, 1.82) is 0 Å². The quantitative estimate of drug-likeness (QED) is 0.846. The van der Waals surface area contributed by atoms with E-state index in [1.54, 1.807) is 20.0 Å². The summed E-state index contributed by atoms with van der Waals surface area (Å²) in [4.78, 5) is 0. The van der Waals surface area contributed by atoms with Gasteiger partial charge in [0.15, 0.2) is 5.03 Å². The van der Waals surface area contributed by atoms with E-state index < -0.39 is 10.0 Å². The van der Waals surface area contributed by atoms with Gasteiger partial charge in [-0.15, -0.1) is 5.10 Å². The summed E-state index contributed by atoms with van der Waals surface area (Å²) < 4.78 is 26.1. The standard InChI is InChI=1S/C11H18N4O2S/c1-9-5-6-11(14-13-9)18(16,17)15(2)10-4-3-7-12-8-10/h5-6,10,12H,3-4,7-8H2,1-2H3. The molecule has 1 unspecified atom stereocenters. The van der Waals surface area contributed by atoms with Crippen LogP contribution in [0.4, 0.5) is 0 Å². The van der Waals surface area contributed by atoms with Gasteiger partial charge in [0, 0.05) is 19.6 Å². The van der Waals surface area contributed by atoms with Crippen LogP contribution in [-0.4, -0.2) is 49.1 Å². The molecule has 0 amide bonds. The van der Waals surface area contributed by atoms with E-state index in [0.717, 1.165) is 19.4 Å². The van der Waals surface area contributed by atoms with E-state index in [9.17, 15) is 8.42 Å². The molecule has 1 N–H and O–H groups in total. The van der Waals surface area contributed by atoms with E-state index >= 15 is 0 Å². The van der Waals surface area contributed by atoms with Crippen molar-refractivity contribution in [3.63, 3.8) is 0 Å². The van der Waals surface area contributed by atoms with Gasteiger partial charge in [0.2, 0.25) is 0 Å². The Morgan fingerprint density at radius 3 is 2.72 bits per heavy atom. The van der Waals surface area contributed by atoms with Crippen molar-refractivity contribution in [2.24, 2.45) is 0 Å². The molecule has 1 fully saturated rings. The Hall–Kier alpha value is -1.05. The molecular formula is C11H18N4O2S. The SMILES string of the molecule is Cc1ccc(S(=O)(=O)N(C)C2CCCNC2)nn1. The maximum atomic E-state index is 12.3. The van der Waals surface area contributed by atoms with Crippen LogP contribution in [-0.2, 0) is 10.0 Å². The molecule has 2 rings (SSSR count). The molecule has 1 aliphatic heterocycles. The zero-order valence-corrected chi connectivity index (χ0v) is 11.4. The Balaban J connectivity index is 2.21. The molecule has 1 aliphatic rings. The average molecular weight is 270 g/mol. The lowest BCUT2D eigenvalue weighted by Gasteiger charge is -2.30. The van der Waals surface area contributed by atoms with Gasteiger partial charge in [-0.05, 0) is 38.4 Å². The van der Waals surface area contributed by atoms with E-state index in [0.29, 0.717) is 12.2 Å². The van der Waals surface area contributed by atoms with Gasteiger partial charge in [-0.1, -0.05) is 0 Å². The number of nitrogens with one attached hydrogen (secondary N) is 1. The van der Waals surface area contributed by atoms with Crippen LogP contribution >= 0.6 is 0 Å². The van der Waals surface area contributed by atoms with Crippen LogP contribution in [0.3, 0.4) is 0 Å². The van der Waals surface area contributed by atoms with Crippen molar-refractivity contribution in [1.82, 2.24) is 19.8 Å². The smallest absolute Gasteiger partial charge is 0.262 e. The molecule has 1 aromatic heterocycles. The predicted octanol–water partition coefficient (Wildman–Crippen LogP) is 0.158. The van der Waals surface area contributed by atoms with Gasteiger partial charge in [0.25, 0.3) is 10.0 Å². The summed E-state index contributed by atoms with van der Waals surface area (Å²) in [6.07, 6.45) is 1.87. The molecule has 100 valence electrons. The van der Waals surface area contributed by atoms with Crippen molar-refractivity contribution < 1.29 is 8.42 Å². The Morgan fingerprint density at radius 1 is 1.39 bits per heavy atom. The lowest BCUT2D eigenvalue weighted by atomic mass is 10.1. The van der Waals surface area contributed by atoms with E-state index in [-0.39, 0.29) is 11.1 Å². The van der Waals surface area contributed by atoms with E-state index in [1.807, 2.05) is 0 Å². The number of hydrogen-bond donors (Lipinski definition) is 1. The van der Waals surface area contributed by atoms with Gasteiger partial charge >= 0.3 is 0 Å². The summed E-state index contributed by atoms with van der Waals surface area (Å²) in [6.45, 7) is 3.42. The van der Waals surface area contributed by atoms with E-state index in [4.69, 9.17) is 0 Å². The first-order valence-electron chi connectivity index (χ1n) is 6.01. The van der Waals surface area contributed by atoms with Crippen molar-refractivity contribution in [3.05, 3.63) is 17.8 Å². The zero-order valence-electron chi connectivity index (χ0n) is 10.6. The molecule has 0 bridgehead atoms. The van der Waals surface area contributed by atoms with Gasteiger partial charge in [-0.3, -0.25) is 0 Å². The van der Waals surface area contributed by atoms with Crippen molar-refractivity contribution >= 4 is 10.0 Å². The third-order valence-electron chi connectivity index (χ3n) is 3.20. The van der Waals surface area contributed by atoms with Crippen LogP contribution in [0.2, 0.25) is 0 Å². The first-order valence-corrected chi connectivity index (χ1v) is 7.45. The van der Waals surface area contributed by atoms with Gasteiger partial charge < -0.3 is 5.32 Å². The van der Waals surface area contributed by atoms with Gasteiger partial charge in [-0.2, -0.15) is 9.40 Å². The summed E-state index contributed by atoms with van der Waals surface area (Å²) >= 11 is 0. The molecule has 0 spiro atoms. The predicted molar refractivity (Wildman–Crippen MR) is 67.6 cm³/mol. The largest absolute Gasteiger partial charge is 0.315 e. The third-order valence-corrected chi connectivity index (χ3v) is 5.00. The number of sulfonamides is 1. The Bertz CT molecular complexity index is 494. The molecule has 6 nitrogen and oxygen atoms in total. The van der Waals surface area contributed by atoms with Crippen LogP contribution in [0.5, 0.6) is 0 Å². The molecule has 0 aliphatic carbocycles. The lowest BCUT2D eigenvalue weighted by Crippen LogP contribution is -2.46. The summed E-state index contributed by atoms with van der Waals surface area (Å²) in [5.41, 5.74) is 0.705. The highest BCUT2D eigenvalue weighted by atomic mass is 32.2. The summed E-state index contributed by atoms with van der Waals surface area (Å²) in [6, 6.07) is 3.16. The maximum Gasteiger partial charge on any atom is 0.262 e. The number of hydrogen-bond acceptors (Lipinski definition) is 5. The second kappa shape index (κ2) is 5.29. The third kappa shape index (κ3) is 2.68. The molecule has 1 atom stereocenters. The highest BCUT2D eigenvalue weighted by Crippen LogP contribution is 2.17. The first-order chi connectivity index (χ1) is 8.51. The Kier molecular flexibility index (Phi) is 3.94. The highest BCUT2D eigenvalue weighted by Gasteiger charge is 2.30. The summed E-state index contributed by atoms with van der Waals surface area (Å²) in [5.74, 6) is 0. The Morgan fingerprint density at radius 2 is 2.17 bits per heavy atom.